The predicted octanol–water partition coefficient (Wildman–Crippen LogP) is 4.40. The van der Waals surface area contributed by atoms with E-state index < -0.39 is 0 Å². The van der Waals surface area contributed by atoms with Crippen LogP contribution in [0.2, 0.25) is 0 Å². The van der Waals surface area contributed by atoms with Crippen LogP contribution >= 0.6 is 0 Å². The van der Waals surface area contributed by atoms with Crippen molar-refractivity contribution in [2.45, 2.75) is 18.9 Å². The van der Waals surface area contributed by atoms with Crippen molar-refractivity contribution in [3.05, 3.63) is 107 Å². The number of hydrogen-bond acceptors (Lipinski definition) is 2. The summed E-state index contributed by atoms with van der Waals surface area (Å²) in [5, 5.41) is 11.9. The third kappa shape index (κ3) is 4.58. The normalized spacial score (nSPS) is 10.3. The van der Waals surface area contributed by atoms with E-state index in [9.17, 15) is 4.79 Å². The Morgan fingerprint density at radius 3 is 2.08 bits per heavy atom. The summed E-state index contributed by atoms with van der Waals surface area (Å²) in [6.07, 6.45) is 0.381. The molecule has 0 unspecified atom stereocenters. The van der Waals surface area contributed by atoms with Gasteiger partial charge in [-0.1, -0.05) is 72.8 Å². The molecule has 0 saturated heterocycles. The number of carbonyl (C=O) groups is 1. The second kappa shape index (κ2) is 8.64. The summed E-state index contributed by atoms with van der Waals surface area (Å²) >= 11 is 0. The number of nitrogens with one attached hydrogen (secondary N) is 1. The number of amides is 1. The van der Waals surface area contributed by atoms with Gasteiger partial charge in [-0.2, -0.15) is 5.26 Å². The number of nitriles is 1. The average Bonchev–Trinajstić information content (AvgIpc) is 2.72. The number of benzene rings is 3. The molecule has 0 atom stereocenters. The van der Waals surface area contributed by atoms with E-state index in [1.807, 2.05) is 48.5 Å². The summed E-state index contributed by atoms with van der Waals surface area (Å²) in [6, 6.07) is 29.6. The lowest BCUT2D eigenvalue weighted by Gasteiger charge is -2.18. The van der Waals surface area contributed by atoms with E-state index in [-0.39, 0.29) is 11.8 Å². The zero-order chi connectivity index (χ0) is 18.2. The molecule has 0 aliphatic heterocycles. The lowest BCUT2D eigenvalue weighted by molar-refractivity contribution is -0.121. The first-order valence-corrected chi connectivity index (χ1v) is 8.62. The van der Waals surface area contributed by atoms with Gasteiger partial charge in [-0.3, -0.25) is 4.79 Å². The Morgan fingerprint density at radius 2 is 1.50 bits per heavy atom. The SMILES string of the molecule is N#Cc1cccc(CNC(=O)CC(c2ccccc2)c2ccccc2)c1. The molecule has 3 aromatic carbocycles. The van der Waals surface area contributed by atoms with Crippen molar-refractivity contribution in [1.82, 2.24) is 5.32 Å². The highest BCUT2D eigenvalue weighted by Gasteiger charge is 2.17. The van der Waals surface area contributed by atoms with Crippen molar-refractivity contribution in [1.29, 1.82) is 5.26 Å². The monoisotopic (exact) mass is 340 g/mol. The highest BCUT2D eigenvalue weighted by molar-refractivity contribution is 5.77. The largest absolute Gasteiger partial charge is 0.352 e. The van der Waals surface area contributed by atoms with E-state index in [0.29, 0.717) is 18.5 Å². The second-order valence-corrected chi connectivity index (χ2v) is 6.17. The summed E-state index contributed by atoms with van der Waals surface area (Å²) in [5.41, 5.74) is 3.78. The van der Waals surface area contributed by atoms with Gasteiger partial charge in [-0.25, -0.2) is 0 Å². The van der Waals surface area contributed by atoms with Gasteiger partial charge in [0.25, 0.3) is 0 Å². The molecule has 0 aliphatic carbocycles. The van der Waals surface area contributed by atoms with Gasteiger partial charge >= 0.3 is 0 Å². The number of carbonyl (C=O) groups excluding carboxylic acids is 1. The fourth-order valence-corrected chi connectivity index (χ4v) is 3.01. The highest BCUT2D eigenvalue weighted by atomic mass is 16.1. The number of nitrogens with zero attached hydrogens (tertiary/aromatic N) is 1. The van der Waals surface area contributed by atoms with E-state index >= 15 is 0 Å². The van der Waals surface area contributed by atoms with Crippen molar-refractivity contribution >= 4 is 5.91 Å². The van der Waals surface area contributed by atoms with Gasteiger partial charge in [0.05, 0.1) is 11.6 Å². The summed E-state index contributed by atoms with van der Waals surface area (Å²) in [6.45, 7) is 0.421. The number of rotatable bonds is 6. The van der Waals surface area contributed by atoms with Crippen LogP contribution in [-0.4, -0.2) is 5.91 Å². The first-order valence-electron chi connectivity index (χ1n) is 8.62. The maximum Gasteiger partial charge on any atom is 0.221 e. The lowest BCUT2D eigenvalue weighted by atomic mass is 9.88. The molecule has 0 bridgehead atoms. The van der Waals surface area contributed by atoms with E-state index in [2.05, 4.69) is 35.7 Å². The van der Waals surface area contributed by atoms with Crippen molar-refractivity contribution in [2.75, 3.05) is 0 Å². The van der Waals surface area contributed by atoms with Gasteiger partial charge in [0, 0.05) is 18.9 Å². The van der Waals surface area contributed by atoms with E-state index in [4.69, 9.17) is 5.26 Å². The van der Waals surface area contributed by atoms with Crippen molar-refractivity contribution in [3.8, 4) is 6.07 Å². The van der Waals surface area contributed by atoms with E-state index in [1.165, 1.54) is 0 Å². The Kier molecular flexibility index (Phi) is 5.80. The molecular weight excluding hydrogens is 320 g/mol. The van der Waals surface area contributed by atoms with Crippen LogP contribution in [0.25, 0.3) is 0 Å². The van der Waals surface area contributed by atoms with Gasteiger partial charge < -0.3 is 5.32 Å². The smallest absolute Gasteiger partial charge is 0.221 e. The minimum Gasteiger partial charge on any atom is -0.352 e. The standard InChI is InChI=1S/C23H20N2O/c24-16-18-8-7-9-19(14-18)17-25-23(26)15-22(20-10-3-1-4-11-20)21-12-5-2-6-13-21/h1-14,22H,15,17H2,(H,25,26). The molecule has 3 heteroatoms. The molecule has 0 heterocycles. The molecular formula is C23H20N2O. The minimum absolute atomic E-state index is 0.00920. The Hall–Kier alpha value is -3.38. The Bertz CT molecular complexity index is 859. The van der Waals surface area contributed by atoms with Crippen LogP contribution in [0.3, 0.4) is 0 Å². The molecule has 0 radical (unpaired) electrons. The first kappa shape index (κ1) is 17.4. The van der Waals surface area contributed by atoms with Crippen molar-refractivity contribution in [2.24, 2.45) is 0 Å². The second-order valence-electron chi connectivity index (χ2n) is 6.17. The van der Waals surface area contributed by atoms with Gasteiger partial charge in [0.1, 0.15) is 0 Å². The zero-order valence-corrected chi connectivity index (χ0v) is 14.4. The molecule has 0 spiro atoms. The molecule has 3 rings (SSSR count). The summed E-state index contributed by atoms with van der Waals surface area (Å²) < 4.78 is 0. The fraction of sp³-hybridized carbons (Fsp3) is 0.130. The molecule has 1 amide bonds. The van der Waals surface area contributed by atoms with Crippen LogP contribution in [-0.2, 0) is 11.3 Å². The van der Waals surface area contributed by atoms with Crippen LogP contribution in [0.1, 0.15) is 34.6 Å². The molecule has 128 valence electrons. The molecule has 0 aromatic heterocycles. The third-order valence-corrected chi connectivity index (χ3v) is 4.34. The fourth-order valence-electron chi connectivity index (χ4n) is 3.01. The number of hydrogen-bond donors (Lipinski definition) is 1. The van der Waals surface area contributed by atoms with E-state index in [0.717, 1.165) is 16.7 Å². The maximum absolute atomic E-state index is 12.6. The molecule has 1 N–H and O–H groups in total. The van der Waals surface area contributed by atoms with Gasteiger partial charge in [-0.15, -0.1) is 0 Å². The predicted molar refractivity (Wildman–Crippen MR) is 102 cm³/mol. The molecule has 3 aromatic rings. The zero-order valence-electron chi connectivity index (χ0n) is 14.4. The summed E-state index contributed by atoms with van der Waals surface area (Å²) in [7, 11) is 0. The molecule has 0 fully saturated rings. The lowest BCUT2D eigenvalue weighted by Crippen LogP contribution is -2.25. The van der Waals surface area contributed by atoms with Crippen LogP contribution in [0.4, 0.5) is 0 Å². The van der Waals surface area contributed by atoms with Gasteiger partial charge in [-0.05, 0) is 28.8 Å². The Labute approximate surface area is 153 Å². The molecule has 3 nitrogen and oxygen atoms in total. The quantitative estimate of drug-likeness (QED) is 0.723. The first-order chi connectivity index (χ1) is 12.8. The molecule has 0 aliphatic rings. The Morgan fingerprint density at radius 1 is 0.885 bits per heavy atom. The van der Waals surface area contributed by atoms with Crippen LogP contribution < -0.4 is 5.32 Å². The third-order valence-electron chi connectivity index (χ3n) is 4.34. The highest BCUT2D eigenvalue weighted by Crippen LogP contribution is 2.27. The summed E-state index contributed by atoms with van der Waals surface area (Å²) in [5.74, 6) is 0.00732. The minimum atomic E-state index is -0.00920. The van der Waals surface area contributed by atoms with E-state index in [1.54, 1.807) is 12.1 Å². The Balaban J connectivity index is 1.70. The molecule has 0 saturated carbocycles. The van der Waals surface area contributed by atoms with Crippen LogP contribution in [0.15, 0.2) is 84.9 Å². The maximum atomic E-state index is 12.6. The van der Waals surface area contributed by atoms with Gasteiger partial charge in [0.15, 0.2) is 0 Å². The molecule has 26 heavy (non-hydrogen) atoms. The van der Waals surface area contributed by atoms with Crippen molar-refractivity contribution < 1.29 is 4.79 Å². The topological polar surface area (TPSA) is 52.9 Å². The van der Waals surface area contributed by atoms with Crippen LogP contribution in [0, 0.1) is 11.3 Å². The van der Waals surface area contributed by atoms with Gasteiger partial charge in [0.2, 0.25) is 5.91 Å². The summed E-state index contributed by atoms with van der Waals surface area (Å²) in [4.78, 5) is 12.6. The van der Waals surface area contributed by atoms with Crippen molar-refractivity contribution in [3.63, 3.8) is 0 Å². The van der Waals surface area contributed by atoms with Crippen LogP contribution in [0.5, 0.6) is 0 Å². The average molecular weight is 340 g/mol.